The Hall–Kier alpha value is -1.59. The van der Waals surface area contributed by atoms with Gasteiger partial charge in [-0.3, -0.25) is 4.79 Å². The number of carbonyl (C=O) groups is 1. The Kier molecular flexibility index (Phi) is 5.54. The van der Waals surface area contributed by atoms with Crippen molar-refractivity contribution in [1.82, 2.24) is 4.90 Å². The van der Waals surface area contributed by atoms with Gasteiger partial charge in [-0.2, -0.15) is 0 Å². The molecule has 0 spiro atoms. The van der Waals surface area contributed by atoms with Crippen LogP contribution in [0.5, 0.6) is 0 Å². The highest BCUT2D eigenvalue weighted by molar-refractivity contribution is 5.80. The first-order valence-electron chi connectivity index (χ1n) is 12.3. The second-order valence-electron chi connectivity index (χ2n) is 11.0. The van der Waals surface area contributed by atoms with Gasteiger partial charge in [-0.1, -0.05) is 13.8 Å². The molecule has 4 aliphatic rings. The number of nitrogens with zero attached hydrogens (tertiary/aromatic N) is 2. The maximum atomic E-state index is 13.2. The maximum absolute atomic E-state index is 13.2. The molecule has 2 atom stereocenters. The summed E-state index contributed by atoms with van der Waals surface area (Å²) in [6, 6.07) is 5.12. The lowest BCUT2D eigenvalue weighted by molar-refractivity contribution is -0.139. The fraction of sp³-hybridized carbons (Fsp3) is 0.731. The molecule has 5 nitrogen and oxygen atoms in total. The molecule has 3 aliphatic heterocycles. The Bertz CT molecular complexity index is 839. The molecule has 0 radical (unpaired) electrons. The van der Waals surface area contributed by atoms with E-state index in [1.165, 1.54) is 35.2 Å². The van der Waals surface area contributed by atoms with E-state index in [9.17, 15) is 4.79 Å². The molecule has 31 heavy (non-hydrogen) atoms. The van der Waals surface area contributed by atoms with Gasteiger partial charge in [0.15, 0.2) is 0 Å². The average molecular weight is 427 g/mol. The van der Waals surface area contributed by atoms with Crippen LogP contribution in [0.1, 0.15) is 69.6 Å². The summed E-state index contributed by atoms with van der Waals surface area (Å²) in [6.07, 6.45) is 4.46. The van der Waals surface area contributed by atoms with E-state index in [1.54, 1.807) is 0 Å². The summed E-state index contributed by atoms with van der Waals surface area (Å²) in [5.74, 6) is 1.51. The van der Waals surface area contributed by atoms with Crippen molar-refractivity contribution in [2.24, 2.45) is 11.8 Å². The highest BCUT2D eigenvalue weighted by atomic mass is 16.5. The summed E-state index contributed by atoms with van der Waals surface area (Å²) < 4.78 is 11.7. The van der Waals surface area contributed by atoms with Crippen molar-refractivity contribution in [3.63, 3.8) is 0 Å². The number of rotatable bonds is 4. The molecule has 2 saturated heterocycles. The Labute approximate surface area is 187 Å². The Morgan fingerprint density at radius 2 is 1.97 bits per heavy atom. The zero-order valence-electron chi connectivity index (χ0n) is 19.7. The van der Waals surface area contributed by atoms with Crippen molar-refractivity contribution in [2.45, 2.75) is 77.5 Å². The lowest BCUT2D eigenvalue weighted by atomic mass is 9.87. The zero-order valence-corrected chi connectivity index (χ0v) is 19.7. The van der Waals surface area contributed by atoms with Crippen molar-refractivity contribution in [2.75, 3.05) is 37.7 Å². The first-order valence-corrected chi connectivity index (χ1v) is 12.3. The minimum atomic E-state index is -0.0959. The fourth-order valence-corrected chi connectivity index (χ4v) is 5.64. The molecule has 1 amide bonds. The van der Waals surface area contributed by atoms with E-state index in [2.05, 4.69) is 49.6 Å². The first-order chi connectivity index (χ1) is 14.8. The standard InChI is InChI=1S/C26H38N2O3/c1-17(2)24-14-27(8-9-28(24)25(29)19-7-10-30-15-19)21-11-20-13-26(3,4)31-16-23(20)22(12-21)18-5-6-18/h11-12,17-19,24H,5-10,13-16H2,1-4H3/t19?,24-/m0/s1. The molecule has 0 aromatic heterocycles. The lowest BCUT2D eigenvalue weighted by Crippen LogP contribution is -2.58. The molecular formula is C26H38N2O3. The van der Waals surface area contributed by atoms with Gasteiger partial charge in [0.05, 0.1) is 30.8 Å². The number of ether oxygens (including phenoxy) is 2. The van der Waals surface area contributed by atoms with Crippen LogP contribution in [0.3, 0.4) is 0 Å². The van der Waals surface area contributed by atoms with Crippen molar-refractivity contribution in [3.05, 3.63) is 28.8 Å². The van der Waals surface area contributed by atoms with Gasteiger partial charge in [0, 0.05) is 38.3 Å². The Morgan fingerprint density at radius 1 is 1.16 bits per heavy atom. The molecule has 5 rings (SSSR count). The molecule has 0 N–H and O–H groups in total. The van der Waals surface area contributed by atoms with Crippen LogP contribution in [-0.2, 0) is 27.3 Å². The van der Waals surface area contributed by atoms with Gasteiger partial charge < -0.3 is 19.3 Å². The second kappa shape index (κ2) is 8.08. The third kappa shape index (κ3) is 4.23. The highest BCUT2D eigenvalue weighted by Crippen LogP contribution is 2.46. The smallest absolute Gasteiger partial charge is 0.228 e. The summed E-state index contributed by atoms with van der Waals surface area (Å²) in [7, 11) is 0. The highest BCUT2D eigenvalue weighted by Gasteiger charge is 2.38. The van der Waals surface area contributed by atoms with Gasteiger partial charge in [0.25, 0.3) is 0 Å². The van der Waals surface area contributed by atoms with Gasteiger partial charge in [0.2, 0.25) is 5.91 Å². The van der Waals surface area contributed by atoms with Gasteiger partial charge in [-0.15, -0.1) is 0 Å². The van der Waals surface area contributed by atoms with Crippen LogP contribution >= 0.6 is 0 Å². The van der Waals surface area contributed by atoms with Crippen LogP contribution in [-0.4, -0.2) is 55.3 Å². The van der Waals surface area contributed by atoms with Crippen LogP contribution in [0.25, 0.3) is 0 Å². The van der Waals surface area contributed by atoms with E-state index in [4.69, 9.17) is 9.47 Å². The Morgan fingerprint density at radius 3 is 2.65 bits per heavy atom. The molecule has 1 aliphatic carbocycles. The summed E-state index contributed by atoms with van der Waals surface area (Å²) in [5, 5.41) is 0. The topological polar surface area (TPSA) is 42.0 Å². The van der Waals surface area contributed by atoms with Crippen molar-refractivity contribution < 1.29 is 14.3 Å². The average Bonchev–Trinajstić information content (AvgIpc) is 3.44. The SMILES string of the molecule is CC(C)[C@@H]1CN(c2cc3c(c(C4CC4)c2)COC(C)(C)C3)CCN1C(=O)C1CCOC1. The van der Waals surface area contributed by atoms with Gasteiger partial charge in [-0.05, 0) is 73.8 Å². The predicted molar refractivity (Wildman–Crippen MR) is 122 cm³/mol. The summed E-state index contributed by atoms with van der Waals surface area (Å²) in [6.45, 7) is 13.6. The molecule has 170 valence electrons. The van der Waals surface area contributed by atoms with E-state index in [0.29, 0.717) is 24.3 Å². The van der Waals surface area contributed by atoms with Crippen LogP contribution in [0, 0.1) is 11.8 Å². The molecule has 5 heteroatoms. The minimum absolute atomic E-state index is 0.0558. The van der Waals surface area contributed by atoms with E-state index < -0.39 is 0 Å². The minimum Gasteiger partial charge on any atom is -0.381 e. The quantitative estimate of drug-likeness (QED) is 0.726. The van der Waals surface area contributed by atoms with Crippen molar-refractivity contribution in [1.29, 1.82) is 0 Å². The molecular weight excluding hydrogens is 388 g/mol. The molecule has 1 aromatic carbocycles. The normalized spacial score (nSPS) is 28.2. The molecule has 1 aromatic rings. The zero-order chi connectivity index (χ0) is 21.8. The monoisotopic (exact) mass is 426 g/mol. The third-order valence-electron chi connectivity index (χ3n) is 7.72. The number of benzene rings is 1. The first kappa shape index (κ1) is 21.3. The van der Waals surface area contributed by atoms with Crippen LogP contribution in [0.4, 0.5) is 5.69 Å². The van der Waals surface area contributed by atoms with Crippen LogP contribution < -0.4 is 4.90 Å². The number of fused-ring (bicyclic) bond motifs is 1. The molecule has 1 unspecified atom stereocenters. The van der Waals surface area contributed by atoms with E-state index in [-0.39, 0.29) is 17.6 Å². The molecule has 3 heterocycles. The summed E-state index contributed by atoms with van der Waals surface area (Å²) >= 11 is 0. The summed E-state index contributed by atoms with van der Waals surface area (Å²) in [5.41, 5.74) is 5.69. The third-order valence-corrected chi connectivity index (χ3v) is 7.72. The predicted octanol–water partition coefficient (Wildman–Crippen LogP) is 4.13. The summed E-state index contributed by atoms with van der Waals surface area (Å²) in [4.78, 5) is 17.9. The number of carbonyl (C=O) groups excluding carboxylic acids is 1. The van der Waals surface area contributed by atoms with Crippen LogP contribution in [0.15, 0.2) is 12.1 Å². The van der Waals surface area contributed by atoms with Gasteiger partial charge >= 0.3 is 0 Å². The van der Waals surface area contributed by atoms with E-state index in [0.717, 1.165) is 45.7 Å². The van der Waals surface area contributed by atoms with Gasteiger partial charge in [-0.25, -0.2) is 0 Å². The second-order valence-corrected chi connectivity index (χ2v) is 11.0. The van der Waals surface area contributed by atoms with Gasteiger partial charge in [0.1, 0.15) is 0 Å². The lowest BCUT2D eigenvalue weighted by Gasteiger charge is -2.45. The number of amides is 1. The fourth-order valence-electron chi connectivity index (χ4n) is 5.64. The Balaban J connectivity index is 1.40. The molecule has 3 fully saturated rings. The number of hydrogen-bond acceptors (Lipinski definition) is 4. The van der Waals surface area contributed by atoms with Crippen LogP contribution in [0.2, 0.25) is 0 Å². The molecule has 1 saturated carbocycles. The van der Waals surface area contributed by atoms with E-state index >= 15 is 0 Å². The number of anilines is 1. The number of piperazine rings is 1. The van der Waals surface area contributed by atoms with Crippen molar-refractivity contribution in [3.8, 4) is 0 Å². The molecule has 0 bridgehead atoms. The van der Waals surface area contributed by atoms with E-state index in [1.807, 2.05) is 0 Å². The van der Waals surface area contributed by atoms with Crippen molar-refractivity contribution >= 4 is 11.6 Å². The number of hydrogen-bond donors (Lipinski definition) is 0. The largest absolute Gasteiger partial charge is 0.381 e. The maximum Gasteiger partial charge on any atom is 0.228 e.